The summed E-state index contributed by atoms with van der Waals surface area (Å²) in [7, 11) is 0. The van der Waals surface area contributed by atoms with E-state index in [-0.39, 0.29) is 5.91 Å². The largest absolute Gasteiger partial charge is 0.361 e. The number of nitrogens with one attached hydrogen (secondary N) is 1. The van der Waals surface area contributed by atoms with E-state index in [0.717, 1.165) is 48.0 Å². The molecule has 1 aromatic heterocycles. The van der Waals surface area contributed by atoms with Crippen LogP contribution in [-0.4, -0.2) is 28.9 Å². The third kappa shape index (κ3) is 1.90. The van der Waals surface area contributed by atoms with Crippen molar-refractivity contribution in [2.24, 2.45) is 0 Å². The van der Waals surface area contributed by atoms with Crippen LogP contribution in [0, 0.1) is 6.92 Å². The number of aryl methyl sites for hydroxylation is 1. The highest BCUT2D eigenvalue weighted by atomic mass is 16.2. The van der Waals surface area contributed by atoms with Gasteiger partial charge in [-0.25, -0.2) is 0 Å². The van der Waals surface area contributed by atoms with E-state index in [1.165, 1.54) is 6.42 Å². The fraction of sp³-hybridized carbons (Fsp3) is 0.400. The van der Waals surface area contributed by atoms with Gasteiger partial charge in [0.15, 0.2) is 0 Å². The lowest BCUT2D eigenvalue weighted by atomic mass is 10.0. The minimum absolute atomic E-state index is 0.190. The monoisotopic (exact) mass is 242 g/mol. The van der Waals surface area contributed by atoms with Gasteiger partial charge in [0, 0.05) is 35.8 Å². The number of aromatic amines is 1. The topological polar surface area (TPSA) is 36.1 Å². The van der Waals surface area contributed by atoms with E-state index in [9.17, 15) is 4.79 Å². The molecule has 1 aliphatic heterocycles. The van der Waals surface area contributed by atoms with Crippen LogP contribution in [0.1, 0.15) is 35.2 Å². The van der Waals surface area contributed by atoms with Gasteiger partial charge >= 0.3 is 0 Å². The summed E-state index contributed by atoms with van der Waals surface area (Å²) in [4.78, 5) is 17.7. The zero-order valence-corrected chi connectivity index (χ0v) is 10.7. The molecule has 1 amide bonds. The molecule has 0 unspecified atom stereocenters. The van der Waals surface area contributed by atoms with Crippen molar-refractivity contribution in [3.63, 3.8) is 0 Å². The number of hydrogen-bond acceptors (Lipinski definition) is 1. The molecule has 0 aliphatic carbocycles. The van der Waals surface area contributed by atoms with Crippen LogP contribution in [0.5, 0.6) is 0 Å². The molecule has 0 bridgehead atoms. The van der Waals surface area contributed by atoms with E-state index >= 15 is 0 Å². The molecule has 3 nitrogen and oxygen atoms in total. The normalized spacial score (nSPS) is 16.2. The molecular weight excluding hydrogens is 224 g/mol. The van der Waals surface area contributed by atoms with Crippen molar-refractivity contribution in [3.05, 3.63) is 35.5 Å². The number of benzene rings is 1. The Kier molecular flexibility index (Phi) is 2.82. The van der Waals surface area contributed by atoms with Gasteiger partial charge in [0.25, 0.3) is 5.91 Å². The van der Waals surface area contributed by atoms with Crippen molar-refractivity contribution in [2.45, 2.75) is 26.2 Å². The molecule has 3 heteroatoms. The maximum absolute atomic E-state index is 12.5. The van der Waals surface area contributed by atoms with Crippen LogP contribution < -0.4 is 0 Å². The highest BCUT2D eigenvalue weighted by Crippen LogP contribution is 2.21. The number of piperidine rings is 1. The number of carbonyl (C=O) groups is 1. The number of amides is 1. The molecule has 0 atom stereocenters. The highest BCUT2D eigenvalue weighted by molar-refractivity contribution is 5.99. The SMILES string of the molecule is Cc1cc2[nH]ccc2cc1C(=O)N1CCCCC1. The summed E-state index contributed by atoms with van der Waals surface area (Å²) in [5, 5.41) is 1.11. The second kappa shape index (κ2) is 4.48. The number of hydrogen-bond donors (Lipinski definition) is 1. The lowest BCUT2D eigenvalue weighted by Gasteiger charge is -2.27. The molecule has 2 aromatic rings. The second-order valence-corrected chi connectivity index (χ2v) is 5.08. The van der Waals surface area contributed by atoms with E-state index in [4.69, 9.17) is 0 Å². The summed E-state index contributed by atoms with van der Waals surface area (Å²) < 4.78 is 0. The van der Waals surface area contributed by atoms with Gasteiger partial charge in [0.1, 0.15) is 0 Å². The molecule has 1 aliphatic rings. The predicted octanol–water partition coefficient (Wildman–Crippen LogP) is 3.10. The summed E-state index contributed by atoms with van der Waals surface area (Å²) in [6.45, 7) is 3.82. The first kappa shape index (κ1) is 11.3. The second-order valence-electron chi connectivity index (χ2n) is 5.08. The number of likely N-dealkylation sites (tertiary alicyclic amines) is 1. The van der Waals surface area contributed by atoms with Gasteiger partial charge in [0.2, 0.25) is 0 Å². The fourth-order valence-corrected chi connectivity index (χ4v) is 2.71. The molecule has 3 rings (SSSR count). The Bertz CT molecular complexity index is 579. The standard InChI is InChI=1S/C15H18N2O/c1-11-9-14-12(5-6-16-14)10-13(11)15(18)17-7-3-2-4-8-17/h5-6,9-10,16H,2-4,7-8H2,1H3. The Labute approximate surface area is 107 Å². The predicted molar refractivity (Wildman–Crippen MR) is 72.8 cm³/mol. The first-order valence-corrected chi connectivity index (χ1v) is 6.63. The molecule has 0 spiro atoms. The van der Waals surface area contributed by atoms with Crippen LogP contribution in [0.25, 0.3) is 10.9 Å². The Hall–Kier alpha value is -1.77. The molecule has 1 fully saturated rings. The van der Waals surface area contributed by atoms with Crippen LogP contribution in [-0.2, 0) is 0 Å². The average molecular weight is 242 g/mol. The van der Waals surface area contributed by atoms with Crippen molar-refractivity contribution >= 4 is 16.8 Å². The molecule has 18 heavy (non-hydrogen) atoms. The van der Waals surface area contributed by atoms with Gasteiger partial charge in [-0.3, -0.25) is 4.79 Å². The Morgan fingerprint density at radius 2 is 2.00 bits per heavy atom. The summed E-state index contributed by atoms with van der Waals surface area (Å²) in [6.07, 6.45) is 5.44. The van der Waals surface area contributed by atoms with Crippen LogP contribution in [0.4, 0.5) is 0 Å². The quantitative estimate of drug-likeness (QED) is 0.819. The van der Waals surface area contributed by atoms with Crippen LogP contribution in [0.2, 0.25) is 0 Å². The number of nitrogens with zero attached hydrogens (tertiary/aromatic N) is 1. The third-order valence-electron chi connectivity index (χ3n) is 3.77. The van der Waals surface area contributed by atoms with Crippen LogP contribution in [0.15, 0.2) is 24.4 Å². The number of carbonyl (C=O) groups excluding carboxylic acids is 1. The molecule has 0 saturated carbocycles. The van der Waals surface area contributed by atoms with Gasteiger partial charge < -0.3 is 9.88 Å². The molecule has 94 valence electrons. The van der Waals surface area contributed by atoms with E-state index in [1.807, 2.05) is 30.2 Å². The van der Waals surface area contributed by atoms with Crippen molar-refractivity contribution in [1.29, 1.82) is 0 Å². The number of fused-ring (bicyclic) bond motifs is 1. The number of aromatic nitrogens is 1. The fourth-order valence-electron chi connectivity index (χ4n) is 2.71. The van der Waals surface area contributed by atoms with Gasteiger partial charge in [-0.15, -0.1) is 0 Å². The highest BCUT2D eigenvalue weighted by Gasteiger charge is 2.20. The molecule has 1 N–H and O–H groups in total. The van der Waals surface area contributed by atoms with E-state index in [0.29, 0.717) is 0 Å². The minimum atomic E-state index is 0.190. The zero-order chi connectivity index (χ0) is 12.5. The van der Waals surface area contributed by atoms with Gasteiger partial charge in [0.05, 0.1) is 0 Å². The van der Waals surface area contributed by atoms with Gasteiger partial charge in [-0.05, 0) is 49.9 Å². The smallest absolute Gasteiger partial charge is 0.254 e. The molecule has 0 radical (unpaired) electrons. The first-order chi connectivity index (χ1) is 8.75. The number of H-pyrrole nitrogens is 1. The van der Waals surface area contributed by atoms with Crippen molar-refractivity contribution in [1.82, 2.24) is 9.88 Å². The lowest BCUT2D eigenvalue weighted by molar-refractivity contribution is 0.0724. The third-order valence-corrected chi connectivity index (χ3v) is 3.77. The lowest BCUT2D eigenvalue weighted by Crippen LogP contribution is -2.35. The molecule has 1 saturated heterocycles. The van der Waals surface area contributed by atoms with Crippen LogP contribution >= 0.6 is 0 Å². The Morgan fingerprint density at radius 3 is 2.78 bits per heavy atom. The van der Waals surface area contributed by atoms with Gasteiger partial charge in [-0.2, -0.15) is 0 Å². The summed E-state index contributed by atoms with van der Waals surface area (Å²) in [5.41, 5.74) is 3.01. The maximum atomic E-state index is 12.5. The summed E-state index contributed by atoms with van der Waals surface area (Å²) in [5.74, 6) is 0.190. The van der Waals surface area contributed by atoms with E-state index in [2.05, 4.69) is 11.1 Å². The molecule has 1 aromatic carbocycles. The zero-order valence-electron chi connectivity index (χ0n) is 10.7. The average Bonchev–Trinajstić information content (AvgIpc) is 2.85. The van der Waals surface area contributed by atoms with Crippen molar-refractivity contribution in [3.8, 4) is 0 Å². The maximum Gasteiger partial charge on any atom is 0.254 e. The minimum Gasteiger partial charge on any atom is -0.361 e. The van der Waals surface area contributed by atoms with E-state index in [1.54, 1.807) is 0 Å². The van der Waals surface area contributed by atoms with Crippen LogP contribution in [0.3, 0.4) is 0 Å². The Balaban J connectivity index is 1.96. The summed E-state index contributed by atoms with van der Waals surface area (Å²) >= 11 is 0. The first-order valence-electron chi connectivity index (χ1n) is 6.63. The van der Waals surface area contributed by atoms with Crippen molar-refractivity contribution < 1.29 is 4.79 Å². The van der Waals surface area contributed by atoms with E-state index < -0.39 is 0 Å². The molecular formula is C15H18N2O. The van der Waals surface area contributed by atoms with Crippen molar-refractivity contribution in [2.75, 3.05) is 13.1 Å². The van der Waals surface area contributed by atoms with Gasteiger partial charge in [-0.1, -0.05) is 0 Å². The Morgan fingerprint density at radius 1 is 1.22 bits per heavy atom. The number of rotatable bonds is 1. The molecule has 2 heterocycles. The summed E-state index contributed by atoms with van der Waals surface area (Å²) in [6, 6.07) is 6.09.